The highest BCUT2D eigenvalue weighted by Crippen LogP contribution is 2.25. The summed E-state index contributed by atoms with van der Waals surface area (Å²) in [4.78, 5) is 10.4. The fraction of sp³-hybridized carbons (Fsp3) is 0.625. The van der Waals surface area contributed by atoms with Gasteiger partial charge in [-0.1, -0.05) is 13.0 Å². The molecule has 1 atom stereocenters. The Morgan fingerprint density at radius 2 is 2.60 bits per heavy atom. The summed E-state index contributed by atoms with van der Waals surface area (Å²) in [7, 11) is 0. The Kier molecular flexibility index (Phi) is 2.10. The molecular formula is C8H12O2. The zero-order chi connectivity index (χ0) is 7.56. The van der Waals surface area contributed by atoms with Crippen LogP contribution in [0, 0.1) is 5.92 Å². The first kappa shape index (κ1) is 7.32. The van der Waals surface area contributed by atoms with Gasteiger partial charge in [-0.25, -0.2) is 4.79 Å². The highest BCUT2D eigenvalue weighted by molar-refractivity contribution is 5.87. The normalized spacial score (nSPS) is 24.5. The van der Waals surface area contributed by atoms with Crippen LogP contribution >= 0.6 is 0 Å². The van der Waals surface area contributed by atoms with Crippen LogP contribution in [-0.4, -0.2) is 11.1 Å². The predicted octanol–water partition coefficient (Wildman–Crippen LogP) is 1.82. The van der Waals surface area contributed by atoms with Crippen molar-refractivity contribution in [1.82, 2.24) is 0 Å². The quantitative estimate of drug-likeness (QED) is 0.635. The van der Waals surface area contributed by atoms with E-state index in [1.165, 1.54) is 0 Å². The zero-order valence-electron chi connectivity index (χ0n) is 6.13. The van der Waals surface area contributed by atoms with Gasteiger partial charge < -0.3 is 5.11 Å². The van der Waals surface area contributed by atoms with Crippen LogP contribution in [0.2, 0.25) is 0 Å². The summed E-state index contributed by atoms with van der Waals surface area (Å²) in [5, 5.41) is 8.56. The highest BCUT2D eigenvalue weighted by atomic mass is 16.4. The molecule has 0 aromatic heterocycles. The molecular weight excluding hydrogens is 128 g/mol. The van der Waals surface area contributed by atoms with Crippen molar-refractivity contribution in [1.29, 1.82) is 0 Å². The van der Waals surface area contributed by atoms with Crippen LogP contribution in [0.1, 0.15) is 26.2 Å². The summed E-state index contributed by atoms with van der Waals surface area (Å²) in [5.74, 6) is -0.220. The third kappa shape index (κ3) is 1.38. The molecule has 0 aliphatic heterocycles. The Balaban J connectivity index is 2.57. The van der Waals surface area contributed by atoms with Gasteiger partial charge in [0.25, 0.3) is 0 Å². The molecule has 0 saturated carbocycles. The minimum atomic E-state index is -0.740. The molecule has 0 amide bonds. The number of rotatable bonds is 2. The Labute approximate surface area is 60.6 Å². The second-order valence-electron chi connectivity index (χ2n) is 2.70. The van der Waals surface area contributed by atoms with Gasteiger partial charge in [-0.05, 0) is 25.2 Å². The van der Waals surface area contributed by atoms with Crippen LogP contribution in [-0.2, 0) is 4.79 Å². The second-order valence-corrected chi connectivity index (χ2v) is 2.70. The summed E-state index contributed by atoms with van der Waals surface area (Å²) >= 11 is 0. The smallest absolute Gasteiger partial charge is 0.331 e. The molecule has 0 fully saturated rings. The number of hydrogen-bond donors (Lipinski definition) is 1. The first-order valence-corrected chi connectivity index (χ1v) is 3.68. The van der Waals surface area contributed by atoms with Gasteiger partial charge in [0.1, 0.15) is 0 Å². The van der Waals surface area contributed by atoms with E-state index >= 15 is 0 Å². The fourth-order valence-corrected chi connectivity index (χ4v) is 1.29. The SMILES string of the molecule is CCC1C=C(C(=O)O)CC1. The van der Waals surface area contributed by atoms with E-state index in [0.717, 1.165) is 19.3 Å². The van der Waals surface area contributed by atoms with Gasteiger partial charge in [-0.2, -0.15) is 0 Å². The molecule has 0 aromatic carbocycles. The van der Waals surface area contributed by atoms with Crippen molar-refractivity contribution in [2.24, 2.45) is 5.92 Å². The molecule has 56 valence electrons. The average molecular weight is 140 g/mol. The van der Waals surface area contributed by atoms with Crippen LogP contribution in [0.15, 0.2) is 11.6 Å². The van der Waals surface area contributed by atoms with Crippen LogP contribution in [0.3, 0.4) is 0 Å². The summed E-state index contributed by atoms with van der Waals surface area (Å²) < 4.78 is 0. The molecule has 0 aromatic rings. The lowest BCUT2D eigenvalue weighted by molar-refractivity contribution is -0.132. The average Bonchev–Trinajstić information content (AvgIpc) is 2.34. The Hall–Kier alpha value is -0.790. The fourth-order valence-electron chi connectivity index (χ4n) is 1.29. The molecule has 2 heteroatoms. The molecule has 0 radical (unpaired) electrons. The molecule has 10 heavy (non-hydrogen) atoms. The first-order chi connectivity index (χ1) is 4.74. The van der Waals surface area contributed by atoms with Crippen molar-refractivity contribution in [2.75, 3.05) is 0 Å². The maximum atomic E-state index is 10.4. The number of carboxylic acids is 1. The van der Waals surface area contributed by atoms with E-state index in [-0.39, 0.29) is 0 Å². The van der Waals surface area contributed by atoms with E-state index in [9.17, 15) is 4.79 Å². The molecule has 1 aliphatic rings. The molecule has 0 spiro atoms. The van der Waals surface area contributed by atoms with Gasteiger partial charge in [0, 0.05) is 5.57 Å². The van der Waals surface area contributed by atoms with E-state index in [0.29, 0.717) is 11.5 Å². The summed E-state index contributed by atoms with van der Waals surface area (Å²) in [6, 6.07) is 0. The monoisotopic (exact) mass is 140 g/mol. The molecule has 0 heterocycles. The van der Waals surface area contributed by atoms with Crippen molar-refractivity contribution in [3.63, 3.8) is 0 Å². The van der Waals surface area contributed by atoms with Crippen LogP contribution in [0.25, 0.3) is 0 Å². The van der Waals surface area contributed by atoms with E-state index in [1.807, 2.05) is 6.08 Å². The summed E-state index contributed by atoms with van der Waals surface area (Å²) in [5.41, 5.74) is 0.604. The lowest BCUT2D eigenvalue weighted by atomic mass is 10.1. The number of hydrogen-bond acceptors (Lipinski definition) is 1. The number of aliphatic carboxylic acids is 1. The lowest BCUT2D eigenvalue weighted by Crippen LogP contribution is -1.95. The molecule has 1 unspecified atom stereocenters. The van der Waals surface area contributed by atoms with Gasteiger partial charge in [-0.3, -0.25) is 0 Å². The van der Waals surface area contributed by atoms with Gasteiger partial charge in [0.2, 0.25) is 0 Å². The van der Waals surface area contributed by atoms with Gasteiger partial charge >= 0.3 is 5.97 Å². The zero-order valence-corrected chi connectivity index (χ0v) is 6.13. The van der Waals surface area contributed by atoms with Gasteiger partial charge in [0.15, 0.2) is 0 Å². The van der Waals surface area contributed by atoms with Crippen LogP contribution in [0.4, 0.5) is 0 Å². The van der Waals surface area contributed by atoms with E-state index in [2.05, 4.69) is 6.92 Å². The maximum absolute atomic E-state index is 10.4. The maximum Gasteiger partial charge on any atom is 0.331 e. The molecule has 1 aliphatic carbocycles. The summed E-state index contributed by atoms with van der Waals surface area (Å²) in [6.07, 6.45) is 4.74. The standard InChI is InChI=1S/C8H12O2/c1-2-6-3-4-7(5-6)8(9)10/h5-6H,2-4H2,1H3,(H,9,10). The predicted molar refractivity (Wildman–Crippen MR) is 38.7 cm³/mol. The largest absolute Gasteiger partial charge is 0.478 e. The number of allylic oxidation sites excluding steroid dienone is 1. The van der Waals surface area contributed by atoms with Crippen molar-refractivity contribution in [2.45, 2.75) is 26.2 Å². The minimum Gasteiger partial charge on any atom is -0.478 e. The van der Waals surface area contributed by atoms with Crippen molar-refractivity contribution in [3.8, 4) is 0 Å². The van der Waals surface area contributed by atoms with E-state index < -0.39 is 5.97 Å². The van der Waals surface area contributed by atoms with E-state index in [1.54, 1.807) is 0 Å². The highest BCUT2D eigenvalue weighted by Gasteiger charge is 2.18. The van der Waals surface area contributed by atoms with Crippen molar-refractivity contribution >= 4 is 5.97 Å². The number of carbonyl (C=O) groups is 1. The molecule has 0 bridgehead atoms. The number of carboxylic acid groups (broad SMARTS) is 1. The minimum absolute atomic E-state index is 0.520. The first-order valence-electron chi connectivity index (χ1n) is 3.68. The third-order valence-corrected chi connectivity index (χ3v) is 2.02. The van der Waals surface area contributed by atoms with Crippen molar-refractivity contribution in [3.05, 3.63) is 11.6 Å². The summed E-state index contributed by atoms with van der Waals surface area (Å²) in [6.45, 7) is 2.09. The second kappa shape index (κ2) is 2.86. The lowest BCUT2D eigenvalue weighted by Gasteiger charge is -1.97. The molecule has 1 rings (SSSR count). The van der Waals surface area contributed by atoms with Crippen LogP contribution < -0.4 is 0 Å². The third-order valence-electron chi connectivity index (χ3n) is 2.02. The van der Waals surface area contributed by atoms with Gasteiger partial charge in [0.05, 0.1) is 0 Å². The molecule has 1 N–H and O–H groups in total. The van der Waals surface area contributed by atoms with E-state index in [4.69, 9.17) is 5.11 Å². The van der Waals surface area contributed by atoms with Gasteiger partial charge in [-0.15, -0.1) is 0 Å². The molecule has 2 nitrogen and oxygen atoms in total. The van der Waals surface area contributed by atoms with Crippen LogP contribution in [0.5, 0.6) is 0 Å². The topological polar surface area (TPSA) is 37.3 Å². The Bertz CT molecular complexity index is 170. The Morgan fingerprint density at radius 3 is 2.90 bits per heavy atom. The molecule has 0 saturated heterocycles. The van der Waals surface area contributed by atoms with Crippen molar-refractivity contribution < 1.29 is 9.90 Å². The Morgan fingerprint density at radius 1 is 1.90 bits per heavy atom.